The van der Waals surface area contributed by atoms with E-state index in [-0.39, 0.29) is 42.3 Å². The molecule has 0 saturated heterocycles. The van der Waals surface area contributed by atoms with Gasteiger partial charge in [-0.25, -0.2) is 4.99 Å². The van der Waals surface area contributed by atoms with Gasteiger partial charge < -0.3 is 20.4 Å². The van der Waals surface area contributed by atoms with Gasteiger partial charge in [-0.15, -0.1) is 24.0 Å². The van der Waals surface area contributed by atoms with E-state index in [4.69, 9.17) is 0 Å². The van der Waals surface area contributed by atoms with E-state index in [0.717, 1.165) is 24.2 Å². The molecule has 29 heavy (non-hydrogen) atoms. The number of anilines is 1. The molecule has 0 unspecified atom stereocenters. The van der Waals surface area contributed by atoms with Crippen LogP contribution in [-0.2, 0) is 16.1 Å². The van der Waals surface area contributed by atoms with Crippen molar-refractivity contribution in [2.24, 2.45) is 4.99 Å². The van der Waals surface area contributed by atoms with Crippen LogP contribution in [0.15, 0.2) is 29.3 Å². The Morgan fingerprint density at radius 2 is 1.66 bits per heavy atom. The minimum Gasteiger partial charge on any atom is -0.357 e. The van der Waals surface area contributed by atoms with Gasteiger partial charge in [-0.1, -0.05) is 19.1 Å². The first kappa shape index (κ1) is 27.2. The number of hydrogen-bond donors (Lipinski definition) is 2. The van der Waals surface area contributed by atoms with Crippen molar-refractivity contribution < 1.29 is 9.59 Å². The molecule has 0 aromatic heterocycles. The molecule has 0 aliphatic rings. The van der Waals surface area contributed by atoms with E-state index in [1.54, 1.807) is 0 Å². The van der Waals surface area contributed by atoms with Crippen molar-refractivity contribution in [3.63, 3.8) is 0 Å². The summed E-state index contributed by atoms with van der Waals surface area (Å²) < 4.78 is 0. The van der Waals surface area contributed by atoms with Gasteiger partial charge in [0.15, 0.2) is 5.96 Å². The molecular weight excluding hydrogens is 481 g/mol. The van der Waals surface area contributed by atoms with E-state index >= 15 is 0 Å². The van der Waals surface area contributed by atoms with Crippen molar-refractivity contribution in [2.75, 3.05) is 38.5 Å². The van der Waals surface area contributed by atoms with Gasteiger partial charge in [0.2, 0.25) is 11.8 Å². The number of nitrogens with one attached hydrogen (secondary N) is 2. The Balaban J connectivity index is 0.00000784. The summed E-state index contributed by atoms with van der Waals surface area (Å²) in [4.78, 5) is 32.3. The monoisotopic (exact) mass is 517 g/mol. The lowest BCUT2D eigenvalue weighted by atomic mass is 10.2. The average Bonchev–Trinajstić information content (AvgIpc) is 2.67. The number of carbonyl (C=O) groups is 2. The van der Waals surface area contributed by atoms with Gasteiger partial charge in [-0.3, -0.25) is 9.59 Å². The number of guanidine groups is 1. The van der Waals surface area contributed by atoms with E-state index in [2.05, 4.69) is 15.6 Å². The number of halogens is 1. The molecule has 0 bridgehead atoms. The molecule has 7 nitrogen and oxygen atoms in total. The second-order valence-corrected chi connectivity index (χ2v) is 6.59. The lowest BCUT2D eigenvalue weighted by Gasteiger charge is -2.25. The first-order chi connectivity index (χ1) is 13.4. The van der Waals surface area contributed by atoms with Crippen LogP contribution in [0.2, 0.25) is 0 Å². The number of amides is 2. The predicted molar refractivity (Wildman–Crippen MR) is 131 cm³/mol. The van der Waals surface area contributed by atoms with Crippen LogP contribution in [0.1, 0.15) is 46.1 Å². The lowest BCUT2D eigenvalue weighted by molar-refractivity contribution is -0.131. The van der Waals surface area contributed by atoms with Crippen LogP contribution in [0.5, 0.6) is 0 Å². The summed E-state index contributed by atoms with van der Waals surface area (Å²) in [5.74, 6) is 0.816. The third-order valence-corrected chi connectivity index (χ3v) is 4.31. The fourth-order valence-corrected chi connectivity index (χ4v) is 2.73. The first-order valence-corrected chi connectivity index (χ1v) is 10.1. The highest BCUT2D eigenvalue weighted by Crippen LogP contribution is 2.11. The van der Waals surface area contributed by atoms with Crippen molar-refractivity contribution in [3.8, 4) is 0 Å². The summed E-state index contributed by atoms with van der Waals surface area (Å²) in [5, 5.41) is 6.11. The highest BCUT2D eigenvalue weighted by molar-refractivity contribution is 14.0. The molecular formula is C21H36IN5O2. The molecule has 0 radical (unpaired) electrons. The zero-order chi connectivity index (χ0) is 20.9. The van der Waals surface area contributed by atoms with Crippen LogP contribution in [-0.4, -0.2) is 60.8 Å². The molecule has 0 saturated carbocycles. The van der Waals surface area contributed by atoms with E-state index in [9.17, 15) is 9.59 Å². The molecule has 1 aromatic carbocycles. The van der Waals surface area contributed by atoms with Crippen LogP contribution in [0, 0.1) is 0 Å². The summed E-state index contributed by atoms with van der Waals surface area (Å²) in [7, 11) is 1.87. The number of rotatable bonds is 10. The smallest absolute Gasteiger partial charge is 0.242 e. The molecule has 0 atom stereocenters. The molecule has 2 N–H and O–H groups in total. The second-order valence-electron chi connectivity index (χ2n) is 6.59. The average molecular weight is 517 g/mol. The van der Waals surface area contributed by atoms with Gasteiger partial charge in [-0.05, 0) is 44.9 Å². The van der Waals surface area contributed by atoms with Crippen molar-refractivity contribution in [2.45, 2.75) is 47.1 Å². The minimum absolute atomic E-state index is 0. The quantitative estimate of drug-likeness (QED) is 0.284. The van der Waals surface area contributed by atoms with Gasteiger partial charge in [-0.2, -0.15) is 0 Å². The van der Waals surface area contributed by atoms with Gasteiger partial charge in [0.1, 0.15) is 0 Å². The summed E-state index contributed by atoms with van der Waals surface area (Å²) in [6, 6.07) is 7.68. The Bertz CT molecular complexity index is 645. The van der Waals surface area contributed by atoms with Gasteiger partial charge in [0.05, 0.1) is 13.1 Å². The van der Waals surface area contributed by atoms with Crippen molar-refractivity contribution in [1.82, 2.24) is 15.1 Å². The van der Waals surface area contributed by atoms with Crippen LogP contribution >= 0.6 is 24.0 Å². The standard InChI is InChI=1S/C21H35N5O2.HI/c1-6-10-19(27)24-18-13-11-17(12-14-18)15-23-21(22-7-2)25(5)16-20(28)26(8-3)9-4;/h11-14H,6-10,15-16H2,1-5H3,(H,22,23)(H,24,27);1H. The Labute approximate surface area is 192 Å². The molecule has 1 rings (SSSR count). The Morgan fingerprint density at radius 1 is 1.03 bits per heavy atom. The molecule has 0 fully saturated rings. The van der Waals surface area contributed by atoms with Gasteiger partial charge >= 0.3 is 0 Å². The highest BCUT2D eigenvalue weighted by atomic mass is 127. The SMILES string of the molecule is CCCC(=O)Nc1ccc(CN=C(NCC)N(C)CC(=O)N(CC)CC)cc1.I. The summed E-state index contributed by atoms with van der Waals surface area (Å²) in [6.45, 7) is 10.9. The van der Waals surface area contributed by atoms with Crippen LogP contribution in [0.4, 0.5) is 5.69 Å². The molecule has 164 valence electrons. The van der Waals surface area contributed by atoms with Crippen LogP contribution in [0.25, 0.3) is 0 Å². The van der Waals surface area contributed by atoms with E-state index in [0.29, 0.717) is 32.0 Å². The van der Waals surface area contributed by atoms with Crippen molar-refractivity contribution in [3.05, 3.63) is 29.8 Å². The number of aliphatic imine (C=N–C) groups is 1. The number of carbonyl (C=O) groups excluding carboxylic acids is 2. The Kier molecular flexibility index (Phi) is 14.1. The van der Waals surface area contributed by atoms with Gasteiger partial charge in [0.25, 0.3) is 0 Å². The molecule has 0 aliphatic carbocycles. The maximum atomic E-state index is 12.3. The van der Waals surface area contributed by atoms with Crippen LogP contribution < -0.4 is 10.6 Å². The number of benzene rings is 1. The zero-order valence-electron chi connectivity index (χ0n) is 18.3. The van der Waals surface area contributed by atoms with E-state index in [1.807, 2.05) is 68.8 Å². The van der Waals surface area contributed by atoms with E-state index in [1.165, 1.54) is 0 Å². The van der Waals surface area contributed by atoms with Crippen LogP contribution in [0.3, 0.4) is 0 Å². The first-order valence-electron chi connectivity index (χ1n) is 10.1. The minimum atomic E-state index is 0. The predicted octanol–water partition coefficient (Wildman–Crippen LogP) is 3.31. The Morgan fingerprint density at radius 3 is 2.17 bits per heavy atom. The molecule has 8 heteroatoms. The zero-order valence-corrected chi connectivity index (χ0v) is 20.7. The highest BCUT2D eigenvalue weighted by Gasteiger charge is 2.15. The number of nitrogens with zero attached hydrogens (tertiary/aromatic N) is 3. The van der Waals surface area contributed by atoms with Crippen molar-refractivity contribution in [1.29, 1.82) is 0 Å². The normalized spacial score (nSPS) is 10.7. The summed E-state index contributed by atoms with van der Waals surface area (Å²) in [6.07, 6.45) is 1.35. The molecule has 0 spiro atoms. The Hall–Kier alpha value is -1.84. The topological polar surface area (TPSA) is 77.0 Å². The summed E-state index contributed by atoms with van der Waals surface area (Å²) >= 11 is 0. The molecule has 1 aromatic rings. The molecule has 0 aliphatic heterocycles. The number of hydrogen-bond acceptors (Lipinski definition) is 3. The van der Waals surface area contributed by atoms with E-state index < -0.39 is 0 Å². The molecule has 0 heterocycles. The largest absolute Gasteiger partial charge is 0.357 e. The number of likely N-dealkylation sites (N-methyl/N-ethyl adjacent to an activating group) is 2. The maximum absolute atomic E-state index is 12.3. The second kappa shape index (κ2) is 15.1. The maximum Gasteiger partial charge on any atom is 0.242 e. The summed E-state index contributed by atoms with van der Waals surface area (Å²) in [5.41, 5.74) is 1.83. The van der Waals surface area contributed by atoms with Gasteiger partial charge in [0, 0.05) is 38.8 Å². The third-order valence-electron chi connectivity index (χ3n) is 4.31. The third kappa shape index (κ3) is 9.96. The fourth-order valence-electron chi connectivity index (χ4n) is 2.73. The van der Waals surface area contributed by atoms with Crippen molar-refractivity contribution >= 4 is 47.4 Å². The fraction of sp³-hybridized carbons (Fsp3) is 0.571. The molecule has 2 amide bonds. The lowest BCUT2D eigenvalue weighted by Crippen LogP contribution is -2.45.